The van der Waals surface area contributed by atoms with Crippen molar-refractivity contribution in [1.82, 2.24) is 5.32 Å². The largest absolute Gasteiger partial charge is 0.493 e. The fraction of sp³-hybridized carbons (Fsp3) is 0.519. The molecule has 0 heterocycles. The summed E-state index contributed by atoms with van der Waals surface area (Å²) in [6.45, 7) is 17.6. The summed E-state index contributed by atoms with van der Waals surface area (Å²) in [4.78, 5) is 11.6. The van der Waals surface area contributed by atoms with Crippen molar-refractivity contribution in [3.8, 4) is 5.75 Å². The van der Waals surface area contributed by atoms with Crippen LogP contribution in [0.3, 0.4) is 0 Å². The highest BCUT2D eigenvalue weighted by Gasteiger charge is 2.07. The van der Waals surface area contributed by atoms with Crippen molar-refractivity contribution in [3.05, 3.63) is 65.9 Å². The Balaban J connectivity index is 0.00000206. The number of rotatable bonds is 12. The second kappa shape index (κ2) is 17.2. The molecule has 0 bridgehead atoms. The van der Waals surface area contributed by atoms with Crippen LogP contribution in [-0.2, 0) is 4.74 Å². The number of carbonyl (C=O) groups is 1. The van der Waals surface area contributed by atoms with Crippen LogP contribution in [0.2, 0.25) is 0 Å². The molecule has 0 aliphatic rings. The molecule has 4 nitrogen and oxygen atoms in total. The molecule has 0 aliphatic carbocycles. The second-order valence-electron chi connectivity index (χ2n) is 7.66. The maximum atomic E-state index is 11.6. The Kier molecular flexibility index (Phi) is 15.8. The molecule has 0 radical (unpaired) electrons. The van der Waals surface area contributed by atoms with Gasteiger partial charge in [-0.05, 0) is 56.0 Å². The van der Waals surface area contributed by atoms with E-state index in [1.807, 2.05) is 12.1 Å². The highest BCUT2D eigenvalue weighted by molar-refractivity contribution is 5.89. The van der Waals surface area contributed by atoms with Crippen LogP contribution in [-0.4, -0.2) is 25.7 Å². The van der Waals surface area contributed by atoms with Gasteiger partial charge >= 0.3 is 5.97 Å². The van der Waals surface area contributed by atoms with E-state index in [9.17, 15) is 4.79 Å². The predicted molar refractivity (Wildman–Crippen MR) is 133 cm³/mol. The van der Waals surface area contributed by atoms with E-state index < -0.39 is 0 Å². The Morgan fingerprint density at radius 1 is 1.16 bits per heavy atom. The molecule has 0 saturated carbocycles. The van der Waals surface area contributed by atoms with E-state index in [0.717, 1.165) is 18.5 Å². The van der Waals surface area contributed by atoms with E-state index in [4.69, 9.17) is 9.47 Å². The van der Waals surface area contributed by atoms with E-state index >= 15 is 0 Å². The van der Waals surface area contributed by atoms with Crippen molar-refractivity contribution in [2.24, 2.45) is 5.92 Å². The van der Waals surface area contributed by atoms with Gasteiger partial charge in [-0.1, -0.05) is 65.3 Å². The van der Waals surface area contributed by atoms with Crippen molar-refractivity contribution in [3.63, 3.8) is 0 Å². The van der Waals surface area contributed by atoms with E-state index in [1.54, 1.807) is 18.2 Å². The highest BCUT2D eigenvalue weighted by Crippen LogP contribution is 2.16. The minimum atomic E-state index is -0.364. The number of hydrogen-bond donors (Lipinski definition) is 1. The molecule has 174 valence electrons. The van der Waals surface area contributed by atoms with E-state index in [1.165, 1.54) is 25.5 Å². The van der Waals surface area contributed by atoms with Crippen LogP contribution < -0.4 is 10.1 Å². The van der Waals surface area contributed by atoms with Crippen LogP contribution in [0.1, 0.15) is 77.6 Å². The first-order valence-electron chi connectivity index (χ1n) is 11.4. The van der Waals surface area contributed by atoms with Gasteiger partial charge in [0.25, 0.3) is 0 Å². The average Bonchev–Trinajstić information content (AvgIpc) is 2.78. The van der Waals surface area contributed by atoms with Gasteiger partial charge in [0.05, 0.1) is 19.3 Å². The first-order valence-corrected chi connectivity index (χ1v) is 11.4. The van der Waals surface area contributed by atoms with Crippen LogP contribution in [0.4, 0.5) is 0 Å². The summed E-state index contributed by atoms with van der Waals surface area (Å²) in [5.74, 6) is 0.845. The second-order valence-corrected chi connectivity index (χ2v) is 7.66. The highest BCUT2D eigenvalue weighted by atomic mass is 16.5. The Bertz CT molecular complexity index is 704. The zero-order valence-corrected chi connectivity index (χ0v) is 20.7. The zero-order valence-electron chi connectivity index (χ0n) is 20.7. The fourth-order valence-electron chi connectivity index (χ4n) is 2.60. The molecule has 2 unspecified atom stereocenters. The molecule has 0 aromatic heterocycles. The monoisotopic (exact) mass is 429 g/mol. The van der Waals surface area contributed by atoms with Crippen molar-refractivity contribution in [2.75, 3.05) is 13.7 Å². The third kappa shape index (κ3) is 12.7. The van der Waals surface area contributed by atoms with Crippen LogP contribution in [0.5, 0.6) is 5.75 Å². The first kappa shape index (κ1) is 28.5. The average molecular weight is 430 g/mol. The summed E-state index contributed by atoms with van der Waals surface area (Å²) in [6, 6.07) is 7.24. The molecule has 0 amide bonds. The molecule has 1 aromatic rings. The predicted octanol–water partition coefficient (Wildman–Crippen LogP) is 7.09. The van der Waals surface area contributed by atoms with Gasteiger partial charge < -0.3 is 14.8 Å². The van der Waals surface area contributed by atoms with E-state index in [2.05, 4.69) is 65.6 Å². The molecule has 0 saturated heterocycles. The summed E-state index contributed by atoms with van der Waals surface area (Å²) in [5.41, 5.74) is 2.69. The van der Waals surface area contributed by atoms with Gasteiger partial charge in [0.15, 0.2) is 0 Å². The maximum absolute atomic E-state index is 11.6. The summed E-state index contributed by atoms with van der Waals surface area (Å²) in [6.07, 6.45) is 10.9. The van der Waals surface area contributed by atoms with E-state index in [-0.39, 0.29) is 12.0 Å². The molecular weight excluding hydrogens is 386 g/mol. The number of allylic oxidation sites excluding steroid dienone is 4. The van der Waals surface area contributed by atoms with E-state index in [0.29, 0.717) is 23.8 Å². The third-order valence-electron chi connectivity index (χ3n) is 5.00. The topological polar surface area (TPSA) is 47.6 Å². The van der Waals surface area contributed by atoms with Crippen LogP contribution in [0.15, 0.2) is 60.3 Å². The van der Waals surface area contributed by atoms with Gasteiger partial charge in [-0.25, -0.2) is 4.79 Å². The lowest BCUT2D eigenvalue weighted by Gasteiger charge is -2.16. The number of esters is 1. The van der Waals surface area contributed by atoms with Crippen LogP contribution >= 0.6 is 0 Å². The Morgan fingerprint density at radius 3 is 2.39 bits per heavy atom. The lowest BCUT2D eigenvalue weighted by Crippen LogP contribution is -2.26. The Hall–Kier alpha value is -2.49. The molecule has 0 fully saturated rings. The van der Waals surface area contributed by atoms with Gasteiger partial charge in [-0.15, -0.1) is 0 Å². The maximum Gasteiger partial charge on any atom is 0.337 e. The van der Waals surface area contributed by atoms with Crippen molar-refractivity contribution in [1.29, 1.82) is 0 Å². The number of benzene rings is 1. The number of methoxy groups -OCH3 is 1. The first-order chi connectivity index (χ1) is 14.8. The molecular formula is C27H43NO3. The quantitative estimate of drug-likeness (QED) is 0.285. The van der Waals surface area contributed by atoms with Crippen LogP contribution in [0.25, 0.3) is 0 Å². The molecule has 0 aliphatic heterocycles. The number of unbranched alkanes of at least 4 members (excludes halogenated alkanes) is 1. The van der Waals surface area contributed by atoms with Gasteiger partial charge in [0.2, 0.25) is 0 Å². The molecule has 4 heteroatoms. The Labute approximate surface area is 190 Å². The fourth-order valence-corrected chi connectivity index (χ4v) is 2.60. The number of carbonyl (C=O) groups excluding carboxylic acids is 1. The van der Waals surface area contributed by atoms with Crippen molar-refractivity contribution in [2.45, 2.75) is 73.3 Å². The van der Waals surface area contributed by atoms with Gasteiger partial charge in [-0.2, -0.15) is 0 Å². The normalized spacial score (nSPS) is 13.1. The summed E-state index contributed by atoms with van der Waals surface area (Å²) in [5, 5.41) is 3.38. The minimum Gasteiger partial charge on any atom is -0.493 e. The lowest BCUT2D eigenvalue weighted by molar-refractivity contribution is 0.0600. The summed E-state index contributed by atoms with van der Waals surface area (Å²) < 4.78 is 10.5. The molecule has 0 spiro atoms. The molecule has 2 atom stereocenters. The van der Waals surface area contributed by atoms with Gasteiger partial charge in [-0.3, -0.25) is 0 Å². The smallest absolute Gasteiger partial charge is 0.337 e. The number of hydrogen-bond acceptors (Lipinski definition) is 4. The standard InChI is InChI=1S/C23H33NO3.C4H10/c1-7-17(3)20(8-2)13-12-18(4)24-19(5)14-15-27-22-11-9-10-21(16-22)23(25)26-6;1-3-4-2/h8-13,16-17,19,24H,4,7,14-15H2,1-3,5-6H3;3-4H2,1-2H3/b13-12-,20-8+;. The molecule has 31 heavy (non-hydrogen) atoms. The minimum absolute atomic E-state index is 0.226. The molecule has 1 N–H and O–H groups in total. The lowest BCUT2D eigenvalue weighted by atomic mass is 9.98. The molecule has 1 rings (SSSR count). The number of ether oxygens (including phenoxy) is 2. The van der Waals surface area contributed by atoms with Crippen LogP contribution in [0, 0.1) is 5.92 Å². The SMILES string of the molecule is C=C(/C=C\C(=C/C)C(C)CC)NC(C)CCOc1cccc(C(=O)OC)c1.CCCC. The summed E-state index contributed by atoms with van der Waals surface area (Å²) >= 11 is 0. The number of nitrogens with one attached hydrogen (secondary N) is 1. The van der Waals surface area contributed by atoms with Crippen molar-refractivity contribution < 1.29 is 14.3 Å². The van der Waals surface area contributed by atoms with Crippen molar-refractivity contribution >= 4 is 5.97 Å². The van der Waals surface area contributed by atoms with Gasteiger partial charge in [0, 0.05) is 18.2 Å². The zero-order chi connectivity index (χ0) is 23.6. The van der Waals surface area contributed by atoms with Gasteiger partial charge in [0.1, 0.15) is 5.75 Å². The summed E-state index contributed by atoms with van der Waals surface area (Å²) in [7, 11) is 1.37. The molecule has 1 aromatic carbocycles. The third-order valence-corrected chi connectivity index (χ3v) is 5.00. The Morgan fingerprint density at radius 2 is 1.84 bits per heavy atom.